The number of nitrogens with one attached hydrogen (secondary N) is 2. The van der Waals surface area contributed by atoms with Crippen molar-refractivity contribution in [3.63, 3.8) is 0 Å². The Morgan fingerprint density at radius 1 is 1.24 bits per heavy atom. The summed E-state index contributed by atoms with van der Waals surface area (Å²) in [5.74, 6) is -0.491. The Hall–Kier alpha value is -3.10. The average molecular weight is 473 g/mol. The first-order valence-electron chi connectivity index (χ1n) is 12.2. The van der Waals surface area contributed by atoms with Crippen LogP contribution in [0.1, 0.15) is 75.3 Å². The Bertz CT molecular complexity index is 1010. The number of esters is 1. The molecule has 9 heteroatoms. The molecular formula is C25H36N4O5. The maximum atomic E-state index is 13.3. The number of fused-ring (bicyclic) bond motifs is 1. The van der Waals surface area contributed by atoms with E-state index in [9.17, 15) is 19.5 Å². The van der Waals surface area contributed by atoms with E-state index in [1.54, 1.807) is 29.7 Å². The van der Waals surface area contributed by atoms with Crippen LogP contribution < -0.4 is 10.6 Å². The van der Waals surface area contributed by atoms with Crippen molar-refractivity contribution in [2.24, 2.45) is 11.8 Å². The number of amides is 1. The summed E-state index contributed by atoms with van der Waals surface area (Å²) >= 11 is 0. The fourth-order valence-electron chi connectivity index (χ4n) is 4.68. The van der Waals surface area contributed by atoms with Crippen LogP contribution in [0.4, 0.5) is 5.82 Å². The molecule has 0 saturated heterocycles. The van der Waals surface area contributed by atoms with Gasteiger partial charge in [0.15, 0.2) is 5.65 Å². The van der Waals surface area contributed by atoms with E-state index in [4.69, 9.17) is 9.72 Å². The van der Waals surface area contributed by atoms with Crippen molar-refractivity contribution in [2.45, 2.75) is 71.8 Å². The number of rotatable bonds is 11. The van der Waals surface area contributed by atoms with Gasteiger partial charge in [0.2, 0.25) is 0 Å². The average Bonchev–Trinajstić information content (AvgIpc) is 3.14. The van der Waals surface area contributed by atoms with Crippen LogP contribution in [-0.4, -0.2) is 51.5 Å². The fourth-order valence-corrected chi connectivity index (χ4v) is 4.68. The minimum absolute atomic E-state index is 0.00841. The standard InChI is InChI=1S/C25H36N4O5/c1-4-34-22(32)15-26-24-20(13-16(2)3)27-23-18(11-8-12-29(23)24)25(33)28-19(14-21(30)31)17-9-6-5-7-10-17/h8,11-12,16-17,19,26H,4-7,9-10,13-15H2,1-3H3,(H,28,33)(H,30,31). The summed E-state index contributed by atoms with van der Waals surface area (Å²) in [4.78, 5) is 41.5. The van der Waals surface area contributed by atoms with E-state index >= 15 is 0 Å². The van der Waals surface area contributed by atoms with Gasteiger partial charge < -0.3 is 20.5 Å². The van der Waals surface area contributed by atoms with Crippen LogP contribution in [0.5, 0.6) is 0 Å². The highest BCUT2D eigenvalue weighted by molar-refractivity contribution is 6.00. The van der Waals surface area contributed by atoms with Crippen LogP contribution >= 0.6 is 0 Å². The summed E-state index contributed by atoms with van der Waals surface area (Å²) in [6.45, 7) is 6.20. The molecule has 1 atom stereocenters. The third-order valence-corrected chi connectivity index (χ3v) is 6.20. The predicted octanol–water partition coefficient (Wildman–Crippen LogP) is 3.66. The summed E-state index contributed by atoms with van der Waals surface area (Å²) in [7, 11) is 0. The van der Waals surface area contributed by atoms with Gasteiger partial charge in [0.25, 0.3) is 5.91 Å². The van der Waals surface area contributed by atoms with Crippen molar-refractivity contribution in [1.82, 2.24) is 14.7 Å². The maximum absolute atomic E-state index is 13.3. The quantitative estimate of drug-likeness (QED) is 0.427. The Labute approximate surface area is 200 Å². The van der Waals surface area contributed by atoms with Crippen molar-refractivity contribution in [2.75, 3.05) is 18.5 Å². The van der Waals surface area contributed by atoms with Crippen LogP contribution in [0.3, 0.4) is 0 Å². The smallest absolute Gasteiger partial charge is 0.325 e. The number of aliphatic carboxylic acids is 1. The van der Waals surface area contributed by atoms with Gasteiger partial charge in [-0.1, -0.05) is 33.1 Å². The number of nitrogens with zero attached hydrogens (tertiary/aromatic N) is 2. The molecule has 1 unspecified atom stereocenters. The first-order chi connectivity index (χ1) is 16.3. The first-order valence-corrected chi connectivity index (χ1v) is 12.2. The number of carbonyl (C=O) groups excluding carboxylic acids is 2. The second-order valence-corrected chi connectivity index (χ2v) is 9.36. The second kappa shape index (κ2) is 11.9. The largest absolute Gasteiger partial charge is 0.481 e. The van der Waals surface area contributed by atoms with Gasteiger partial charge in [-0.25, -0.2) is 4.98 Å². The molecule has 3 rings (SSSR count). The Morgan fingerprint density at radius 2 is 1.97 bits per heavy atom. The number of anilines is 1. The molecule has 0 spiro atoms. The SMILES string of the molecule is CCOC(=O)CNc1c(CC(C)C)nc2c(C(=O)NC(CC(=O)O)C3CCCCC3)cccn12. The topological polar surface area (TPSA) is 122 Å². The van der Waals surface area contributed by atoms with E-state index in [2.05, 4.69) is 24.5 Å². The third-order valence-electron chi connectivity index (χ3n) is 6.20. The molecule has 0 radical (unpaired) electrons. The van der Waals surface area contributed by atoms with Crippen LogP contribution in [0.2, 0.25) is 0 Å². The number of imidazole rings is 1. The number of hydrogen-bond acceptors (Lipinski definition) is 6. The zero-order valence-electron chi connectivity index (χ0n) is 20.3. The predicted molar refractivity (Wildman–Crippen MR) is 129 cm³/mol. The minimum Gasteiger partial charge on any atom is -0.481 e. The van der Waals surface area contributed by atoms with Crippen LogP contribution in [0.15, 0.2) is 18.3 Å². The summed E-state index contributed by atoms with van der Waals surface area (Å²) in [5, 5.41) is 15.5. The summed E-state index contributed by atoms with van der Waals surface area (Å²) in [6.07, 6.45) is 7.47. The first kappa shape index (κ1) is 25.5. The van der Waals surface area contributed by atoms with Crippen molar-refractivity contribution in [3.8, 4) is 0 Å². The number of aromatic nitrogens is 2. The molecule has 1 fully saturated rings. The van der Waals surface area contributed by atoms with E-state index in [1.165, 1.54) is 0 Å². The minimum atomic E-state index is -0.917. The highest BCUT2D eigenvalue weighted by Crippen LogP contribution is 2.29. The van der Waals surface area contributed by atoms with Gasteiger partial charge in [-0.15, -0.1) is 0 Å². The zero-order valence-corrected chi connectivity index (χ0v) is 20.3. The molecule has 2 aromatic rings. The molecule has 186 valence electrons. The van der Waals surface area contributed by atoms with Gasteiger partial charge in [-0.05, 0) is 50.2 Å². The lowest BCUT2D eigenvalue weighted by atomic mass is 9.82. The number of carbonyl (C=O) groups is 3. The normalized spacial score (nSPS) is 15.3. The molecule has 1 amide bonds. The van der Waals surface area contributed by atoms with Gasteiger partial charge in [-0.2, -0.15) is 0 Å². The Morgan fingerprint density at radius 3 is 2.62 bits per heavy atom. The highest BCUT2D eigenvalue weighted by Gasteiger charge is 2.28. The number of hydrogen-bond donors (Lipinski definition) is 3. The summed E-state index contributed by atoms with van der Waals surface area (Å²) in [6, 6.07) is 3.03. The molecule has 1 saturated carbocycles. The van der Waals surface area contributed by atoms with Gasteiger partial charge in [-0.3, -0.25) is 18.8 Å². The molecule has 9 nitrogen and oxygen atoms in total. The van der Waals surface area contributed by atoms with Crippen molar-refractivity contribution < 1.29 is 24.2 Å². The van der Waals surface area contributed by atoms with E-state index in [0.29, 0.717) is 36.0 Å². The molecule has 34 heavy (non-hydrogen) atoms. The molecule has 3 N–H and O–H groups in total. The number of ether oxygens (including phenoxy) is 1. The zero-order chi connectivity index (χ0) is 24.7. The van der Waals surface area contributed by atoms with Crippen molar-refractivity contribution in [1.29, 1.82) is 0 Å². The molecule has 2 heterocycles. The molecule has 2 aromatic heterocycles. The number of carboxylic acids is 1. The van der Waals surface area contributed by atoms with Crippen molar-refractivity contribution in [3.05, 3.63) is 29.6 Å². The van der Waals surface area contributed by atoms with E-state index < -0.39 is 12.0 Å². The molecule has 0 aliphatic heterocycles. The van der Waals surface area contributed by atoms with E-state index in [1.807, 2.05) is 0 Å². The van der Waals surface area contributed by atoms with Crippen molar-refractivity contribution >= 4 is 29.3 Å². The maximum Gasteiger partial charge on any atom is 0.325 e. The summed E-state index contributed by atoms with van der Waals surface area (Å²) < 4.78 is 6.80. The monoisotopic (exact) mass is 472 g/mol. The number of carboxylic acid groups (broad SMARTS) is 1. The lowest BCUT2D eigenvalue weighted by Gasteiger charge is -2.30. The molecule has 1 aliphatic carbocycles. The molecule has 1 aliphatic rings. The van der Waals surface area contributed by atoms with E-state index in [0.717, 1.165) is 37.8 Å². The van der Waals surface area contributed by atoms with Gasteiger partial charge in [0, 0.05) is 12.2 Å². The van der Waals surface area contributed by atoms with E-state index in [-0.39, 0.29) is 30.8 Å². The number of pyridine rings is 1. The molecule has 0 bridgehead atoms. The van der Waals surface area contributed by atoms with Crippen LogP contribution in [0, 0.1) is 11.8 Å². The summed E-state index contributed by atoms with van der Waals surface area (Å²) in [5.41, 5.74) is 1.61. The highest BCUT2D eigenvalue weighted by atomic mass is 16.5. The molecule has 0 aromatic carbocycles. The Balaban J connectivity index is 1.90. The third kappa shape index (κ3) is 6.48. The van der Waals surface area contributed by atoms with Crippen LogP contribution in [0.25, 0.3) is 5.65 Å². The van der Waals surface area contributed by atoms with Crippen LogP contribution in [-0.2, 0) is 20.7 Å². The lowest BCUT2D eigenvalue weighted by molar-refractivity contribution is -0.141. The second-order valence-electron chi connectivity index (χ2n) is 9.36. The lowest BCUT2D eigenvalue weighted by Crippen LogP contribution is -2.42. The Kier molecular flexibility index (Phi) is 8.90. The van der Waals surface area contributed by atoms with Gasteiger partial charge >= 0.3 is 11.9 Å². The van der Waals surface area contributed by atoms with Gasteiger partial charge in [0.1, 0.15) is 12.4 Å². The molecular weight excluding hydrogens is 436 g/mol. The van der Waals surface area contributed by atoms with Gasteiger partial charge in [0.05, 0.1) is 24.3 Å². The fraction of sp³-hybridized carbons (Fsp3) is 0.600.